The van der Waals surface area contributed by atoms with Crippen LogP contribution in [0, 0.1) is 11.3 Å². The second kappa shape index (κ2) is 7.44. The Hall–Kier alpha value is -0.570. The van der Waals surface area contributed by atoms with E-state index in [4.69, 9.17) is 0 Å². The molecule has 2 aliphatic carbocycles. The molecule has 0 bridgehead atoms. The lowest BCUT2D eigenvalue weighted by Gasteiger charge is -2.31. The van der Waals surface area contributed by atoms with Gasteiger partial charge in [0.05, 0.1) is 6.54 Å². The molecule has 0 aromatic rings. The summed E-state index contributed by atoms with van der Waals surface area (Å²) in [5, 5.41) is 6.59. The quantitative estimate of drug-likeness (QED) is 0.751. The SMILES string of the molecule is CC(C)CC1(CNC(=O)CNC2CCCC2)CCCC1. The van der Waals surface area contributed by atoms with Gasteiger partial charge in [0, 0.05) is 12.6 Å². The van der Waals surface area contributed by atoms with Crippen LogP contribution < -0.4 is 10.6 Å². The zero-order chi connectivity index (χ0) is 14.4. The molecular weight excluding hydrogens is 248 g/mol. The smallest absolute Gasteiger partial charge is 0.233 e. The number of carbonyl (C=O) groups is 1. The Kier molecular flexibility index (Phi) is 5.88. The van der Waals surface area contributed by atoms with Gasteiger partial charge in [0.15, 0.2) is 0 Å². The highest BCUT2D eigenvalue weighted by atomic mass is 16.1. The van der Waals surface area contributed by atoms with Crippen molar-refractivity contribution in [2.45, 2.75) is 77.7 Å². The minimum atomic E-state index is 0.187. The van der Waals surface area contributed by atoms with Crippen LogP contribution in [-0.4, -0.2) is 25.0 Å². The number of rotatable bonds is 7. The largest absolute Gasteiger partial charge is 0.354 e. The van der Waals surface area contributed by atoms with Crippen LogP contribution in [0.4, 0.5) is 0 Å². The third kappa shape index (κ3) is 4.76. The van der Waals surface area contributed by atoms with Crippen molar-refractivity contribution in [3.63, 3.8) is 0 Å². The molecule has 20 heavy (non-hydrogen) atoms. The molecule has 1 amide bonds. The lowest BCUT2D eigenvalue weighted by molar-refractivity contribution is -0.121. The van der Waals surface area contributed by atoms with Crippen LogP contribution in [0.5, 0.6) is 0 Å². The van der Waals surface area contributed by atoms with E-state index < -0.39 is 0 Å². The van der Waals surface area contributed by atoms with Crippen molar-refractivity contribution >= 4 is 5.91 Å². The van der Waals surface area contributed by atoms with Crippen molar-refractivity contribution in [3.8, 4) is 0 Å². The van der Waals surface area contributed by atoms with Crippen molar-refractivity contribution < 1.29 is 4.79 Å². The van der Waals surface area contributed by atoms with Gasteiger partial charge in [-0.1, -0.05) is 39.5 Å². The van der Waals surface area contributed by atoms with E-state index in [0.29, 0.717) is 18.0 Å². The van der Waals surface area contributed by atoms with Crippen LogP contribution in [0.2, 0.25) is 0 Å². The van der Waals surface area contributed by atoms with Crippen molar-refractivity contribution in [1.29, 1.82) is 0 Å². The fourth-order valence-electron chi connectivity index (χ4n) is 4.16. The van der Waals surface area contributed by atoms with Crippen LogP contribution in [0.1, 0.15) is 71.6 Å². The van der Waals surface area contributed by atoms with Gasteiger partial charge in [-0.15, -0.1) is 0 Å². The molecule has 3 heteroatoms. The van der Waals surface area contributed by atoms with E-state index in [1.165, 1.54) is 57.8 Å². The fraction of sp³-hybridized carbons (Fsp3) is 0.941. The summed E-state index contributed by atoms with van der Waals surface area (Å²) in [7, 11) is 0. The first-order valence-electron chi connectivity index (χ1n) is 8.60. The number of nitrogens with one attached hydrogen (secondary N) is 2. The van der Waals surface area contributed by atoms with Crippen LogP contribution in [0.3, 0.4) is 0 Å². The van der Waals surface area contributed by atoms with E-state index in [1.54, 1.807) is 0 Å². The lowest BCUT2D eigenvalue weighted by atomic mass is 9.78. The Morgan fingerprint density at radius 3 is 2.40 bits per heavy atom. The van der Waals surface area contributed by atoms with Crippen molar-refractivity contribution in [2.24, 2.45) is 11.3 Å². The number of carbonyl (C=O) groups excluding carboxylic acids is 1. The normalized spacial score (nSPS) is 22.6. The summed E-state index contributed by atoms with van der Waals surface area (Å²) in [4.78, 5) is 12.0. The summed E-state index contributed by atoms with van der Waals surface area (Å²) in [5.74, 6) is 0.911. The highest BCUT2D eigenvalue weighted by molar-refractivity contribution is 5.78. The Morgan fingerprint density at radius 1 is 1.15 bits per heavy atom. The van der Waals surface area contributed by atoms with Crippen LogP contribution in [0.25, 0.3) is 0 Å². The molecule has 0 saturated heterocycles. The van der Waals surface area contributed by atoms with Gasteiger partial charge in [0.2, 0.25) is 5.91 Å². The minimum absolute atomic E-state index is 0.187. The van der Waals surface area contributed by atoms with Crippen molar-refractivity contribution in [3.05, 3.63) is 0 Å². The second-order valence-corrected chi connectivity index (χ2v) is 7.44. The van der Waals surface area contributed by atoms with Gasteiger partial charge in [-0.05, 0) is 43.4 Å². The van der Waals surface area contributed by atoms with Crippen molar-refractivity contribution in [2.75, 3.05) is 13.1 Å². The van der Waals surface area contributed by atoms with E-state index in [0.717, 1.165) is 12.5 Å². The molecule has 0 aromatic heterocycles. The van der Waals surface area contributed by atoms with Gasteiger partial charge in [-0.3, -0.25) is 4.79 Å². The summed E-state index contributed by atoms with van der Waals surface area (Å²) in [6.45, 7) is 5.98. The van der Waals surface area contributed by atoms with Gasteiger partial charge < -0.3 is 10.6 Å². The third-order valence-electron chi connectivity index (χ3n) is 5.07. The molecule has 0 aliphatic heterocycles. The number of hydrogen-bond donors (Lipinski definition) is 2. The summed E-state index contributed by atoms with van der Waals surface area (Å²) >= 11 is 0. The molecule has 0 heterocycles. The topological polar surface area (TPSA) is 41.1 Å². The first kappa shape index (κ1) is 15.8. The molecule has 0 radical (unpaired) electrons. The summed E-state index contributed by atoms with van der Waals surface area (Å²) < 4.78 is 0. The maximum absolute atomic E-state index is 12.0. The van der Waals surface area contributed by atoms with E-state index in [9.17, 15) is 4.79 Å². The lowest BCUT2D eigenvalue weighted by Crippen LogP contribution is -2.42. The van der Waals surface area contributed by atoms with Gasteiger partial charge in [0.1, 0.15) is 0 Å². The zero-order valence-corrected chi connectivity index (χ0v) is 13.3. The average Bonchev–Trinajstić information content (AvgIpc) is 3.05. The molecule has 2 rings (SSSR count). The van der Waals surface area contributed by atoms with Gasteiger partial charge in [-0.25, -0.2) is 0 Å². The molecular formula is C17H32N2O. The zero-order valence-electron chi connectivity index (χ0n) is 13.3. The molecule has 2 aliphatic rings. The molecule has 2 fully saturated rings. The highest BCUT2D eigenvalue weighted by Crippen LogP contribution is 2.42. The molecule has 2 saturated carbocycles. The molecule has 0 spiro atoms. The highest BCUT2D eigenvalue weighted by Gasteiger charge is 2.34. The molecule has 2 N–H and O–H groups in total. The van der Waals surface area contributed by atoms with E-state index in [1.807, 2.05) is 0 Å². The maximum Gasteiger partial charge on any atom is 0.233 e. The molecule has 116 valence electrons. The van der Waals surface area contributed by atoms with Crippen LogP contribution in [0.15, 0.2) is 0 Å². The number of hydrogen-bond acceptors (Lipinski definition) is 2. The van der Waals surface area contributed by atoms with E-state index in [2.05, 4.69) is 24.5 Å². The standard InChI is InChI=1S/C17H32N2O/c1-14(2)11-17(9-5-6-10-17)13-19-16(20)12-18-15-7-3-4-8-15/h14-15,18H,3-13H2,1-2H3,(H,19,20). The molecule has 0 unspecified atom stereocenters. The molecule has 0 aromatic carbocycles. The minimum Gasteiger partial charge on any atom is -0.354 e. The Balaban J connectivity index is 1.70. The van der Waals surface area contributed by atoms with Gasteiger partial charge >= 0.3 is 0 Å². The maximum atomic E-state index is 12.0. The summed E-state index contributed by atoms with van der Waals surface area (Å²) in [5.41, 5.74) is 0.386. The summed E-state index contributed by atoms with van der Waals surface area (Å²) in [6.07, 6.45) is 11.6. The van der Waals surface area contributed by atoms with Gasteiger partial charge in [0.25, 0.3) is 0 Å². The Morgan fingerprint density at radius 2 is 1.80 bits per heavy atom. The Bertz CT molecular complexity index is 302. The third-order valence-corrected chi connectivity index (χ3v) is 5.07. The average molecular weight is 280 g/mol. The van der Waals surface area contributed by atoms with Gasteiger partial charge in [-0.2, -0.15) is 0 Å². The first-order valence-corrected chi connectivity index (χ1v) is 8.60. The monoisotopic (exact) mass is 280 g/mol. The molecule has 0 atom stereocenters. The van der Waals surface area contributed by atoms with E-state index >= 15 is 0 Å². The summed E-state index contributed by atoms with van der Waals surface area (Å²) in [6, 6.07) is 0.580. The van der Waals surface area contributed by atoms with Crippen LogP contribution in [-0.2, 0) is 4.79 Å². The molecule has 3 nitrogen and oxygen atoms in total. The number of amides is 1. The fourth-order valence-corrected chi connectivity index (χ4v) is 4.16. The first-order chi connectivity index (χ1) is 9.60. The predicted octanol–water partition coefficient (Wildman–Crippen LogP) is 3.24. The van der Waals surface area contributed by atoms with Crippen LogP contribution >= 0.6 is 0 Å². The van der Waals surface area contributed by atoms with E-state index in [-0.39, 0.29) is 5.91 Å². The Labute approximate surface area is 124 Å². The predicted molar refractivity (Wildman–Crippen MR) is 83.6 cm³/mol. The second-order valence-electron chi connectivity index (χ2n) is 7.44. The van der Waals surface area contributed by atoms with Crippen molar-refractivity contribution in [1.82, 2.24) is 10.6 Å².